The Bertz CT molecular complexity index is 224. The maximum absolute atomic E-state index is 9.61. The van der Waals surface area contributed by atoms with E-state index in [1.54, 1.807) is 0 Å². The average molecular weight is 344 g/mol. The van der Waals surface area contributed by atoms with Gasteiger partial charge >= 0.3 is 0 Å². The molecule has 0 rings (SSSR count). The predicted molar refractivity (Wildman–Crippen MR) is 106 cm³/mol. The van der Waals surface area contributed by atoms with E-state index in [0.717, 1.165) is 19.6 Å². The first-order valence-corrected chi connectivity index (χ1v) is 10.8. The highest BCUT2D eigenvalue weighted by molar-refractivity contribution is 4.56. The summed E-state index contributed by atoms with van der Waals surface area (Å²) in [6, 6.07) is 0. The van der Waals surface area contributed by atoms with Crippen LogP contribution in [0.4, 0.5) is 0 Å². The van der Waals surface area contributed by atoms with E-state index in [1.807, 2.05) is 6.92 Å². The topological polar surface area (TPSA) is 41.5 Å². The monoisotopic (exact) mass is 343 g/mol. The summed E-state index contributed by atoms with van der Waals surface area (Å²) in [4.78, 5) is 0. The molecule has 0 radical (unpaired) electrons. The SMILES string of the molecule is CCCCCCCCCCCCCCCCOCC(O)CNCC. The third kappa shape index (κ3) is 19.9. The minimum Gasteiger partial charge on any atom is -0.389 e. The van der Waals surface area contributed by atoms with Gasteiger partial charge in [-0.05, 0) is 13.0 Å². The van der Waals surface area contributed by atoms with Gasteiger partial charge in [0.25, 0.3) is 0 Å². The standard InChI is InChI=1S/C21H45NO2/c1-3-5-6-7-8-9-10-11-12-13-14-15-16-17-18-24-20-21(23)19-22-4-2/h21-23H,3-20H2,1-2H3. The maximum Gasteiger partial charge on any atom is 0.0897 e. The molecule has 0 aromatic heterocycles. The van der Waals surface area contributed by atoms with Gasteiger partial charge in [-0.1, -0.05) is 97.3 Å². The summed E-state index contributed by atoms with van der Waals surface area (Å²) >= 11 is 0. The number of hydrogen-bond acceptors (Lipinski definition) is 3. The largest absolute Gasteiger partial charge is 0.389 e. The van der Waals surface area contributed by atoms with Gasteiger partial charge in [-0.3, -0.25) is 0 Å². The Morgan fingerprint density at radius 2 is 1.17 bits per heavy atom. The molecule has 0 bridgehead atoms. The summed E-state index contributed by atoms with van der Waals surface area (Å²) < 4.78 is 5.51. The highest BCUT2D eigenvalue weighted by atomic mass is 16.5. The second-order valence-electron chi connectivity index (χ2n) is 7.13. The smallest absolute Gasteiger partial charge is 0.0897 e. The number of likely N-dealkylation sites (N-methyl/N-ethyl adjacent to an activating group) is 1. The maximum atomic E-state index is 9.61. The van der Waals surface area contributed by atoms with E-state index in [1.165, 1.54) is 83.5 Å². The highest BCUT2D eigenvalue weighted by Crippen LogP contribution is 2.12. The Labute approximate surface area is 151 Å². The summed E-state index contributed by atoms with van der Waals surface area (Å²) in [5.74, 6) is 0. The second kappa shape index (κ2) is 20.9. The van der Waals surface area contributed by atoms with Crippen molar-refractivity contribution in [3.05, 3.63) is 0 Å². The van der Waals surface area contributed by atoms with Crippen LogP contribution in [0.2, 0.25) is 0 Å². The van der Waals surface area contributed by atoms with Crippen molar-refractivity contribution >= 4 is 0 Å². The van der Waals surface area contributed by atoms with Gasteiger partial charge in [0, 0.05) is 13.2 Å². The van der Waals surface area contributed by atoms with Crippen LogP contribution >= 0.6 is 0 Å². The van der Waals surface area contributed by atoms with Crippen molar-refractivity contribution < 1.29 is 9.84 Å². The molecule has 0 aromatic carbocycles. The van der Waals surface area contributed by atoms with Crippen LogP contribution in [-0.2, 0) is 4.74 Å². The molecule has 0 saturated heterocycles. The van der Waals surface area contributed by atoms with Crippen molar-refractivity contribution in [2.45, 2.75) is 110 Å². The number of aliphatic hydroxyl groups is 1. The zero-order valence-electron chi connectivity index (χ0n) is 16.7. The molecule has 146 valence electrons. The lowest BCUT2D eigenvalue weighted by Gasteiger charge is -2.11. The highest BCUT2D eigenvalue weighted by Gasteiger charge is 2.02. The molecule has 3 heteroatoms. The van der Waals surface area contributed by atoms with Crippen molar-refractivity contribution in [1.82, 2.24) is 5.32 Å². The molecule has 0 aliphatic rings. The number of aliphatic hydroxyl groups excluding tert-OH is 1. The number of nitrogens with one attached hydrogen (secondary N) is 1. The first-order chi connectivity index (χ1) is 11.8. The molecule has 0 aromatic rings. The van der Waals surface area contributed by atoms with Crippen molar-refractivity contribution in [3.63, 3.8) is 0 Å². The van der Waals surface area contributed by atoms with E-state index in [-0.39, 0.29) is 6.10 Å². The fraction of sp³-hybridized carbons (Fsp3) is 1.00. The molecule has 1 atom stereocenters. The molecule has 0 heterocycles. The Kier molecular flexibility index (Phi) is 20.8. The zero-order valence-corrected chi connectivity index (χ0v) is 16.7. The van der Waals surface area contributed by atoms with Gasteiger partial charge in [0.15, 0.2) is 0 Å². The van der Waals surface area contributed by atoms with E-state index >= 15 is 0 Å². The van der Waals surface area contributed by atoms with Gasteiger partial charge < -0.3 is 15.2 Å². The molecule has 1 unspecified atom stereocenters. The van der Waals surface area contributed by atoms with Crippen LogP contribution in [0, 0.1) is 0 Å². The van der Waals surface area contributed by atoms with Gasteiger partial charge in [-0.15, -0.1) is 0 Å². The summed E-state index contributed by atoms with van der Waals surface area (Å²) in [5, 5.41) is 12.7. The molecule has 0 spiro atoms. The minimum absolute atomic E-state index is 0.364. The van der Waals surface area contributed by atoms with Crippen LogP contribution in [0.5, 0.6) is 0 Å². The van der Waals surface area contributed by atoms with Gasteiger partial charge in [0.05, 0.1) is 12.7 Å². The van der Waals surface area contributed by atoms with Gasteiger partial charge in [0.1, 0.15) is 0 Å². The fourth-order valence-electron chi connectivity index (χ4n) is 2.99. The summed E-state index contributed by atoms with van der Waals surface area (Å²) in [6.07, 6.45) is 19.0. The summed E-state index contributed by atoms with van der Waals surface area (Å²) in [5.41, 5.74) is 0. The molecule has 0 aliphatic carbocycles. The molecule has 2 N–H and O–H groups in total. The summed E-state index contributed by atoms with van der Waals surface area (Å²) in [7, 11) is 0. The Morgan fingerprint density at radius 1 is 0.708 bits per heavy atom. The molecule has 0 amide bonds. The van der Waals surface area contributed by atoms with Crippen LogP contribution in [0.3, 0.4) is 0 Å². The second-order valence-corrected chi connectivity index (χ2v) is 7.13. The fourth-order valence-corrected chi connectivity index (χ4v) is 2.99. The molecule has 0 aliphatic heterocycles. The third-order valence-electron chi connectivity index (χ3n) is 4.58. The Balaban J connectivity index is 3.02. The van der Waals surface area contributed by atoms with Gasteiger partial charge in [-0.25, -0.2) is 0 Å². The van der Waals surface area contributed by atoms with E-state index in [0.29, 0.717) is 13.2 Å². The van der Waals surface area contributed by atoms with Gasteiger partial charge in [-0.2, -0.15) is 0 Å². The number of rotatable bonds is 20. The van der Waals surface area contributed by atoms with Crippen molar-refractivity contribution in [2.24, 2.45) is 0 Å². The van der Waals surface area contributed by atoms with E-state index in [2.05, 4.69) is 12.2 Å². The Morgan fingerprint density at radius 3 is 1.62 bits per heavy atom. The third-order valence-corrected chi connectivity index (χ3v) is 4.58. The van der Waals surface area contributed by atoms with Crippen LogP contribution in [0.15, 0.2) is 0 Å². The molecular weight excluding hydrogens is 298 g/mol. The van der Waals surface area contributed by atoms with Crippen LogP contribution in [0.25, 0.3) is 0 Å². The van der Waals surface area contributed by atoms with Crippen LogP contribution in [-0.4, -0.2) is 37.5 Å². The number of unbranched alkanes of at least 4 members (excludes halogenated alkanes) is 13. The first-order valence-electron chi connectivity index (χ1n) is 10.8. The van der Waals surface area contributed by atoms with Crippen LogP contribution < -0.4 is 5.32 Å². The van der Waals surface area contributed by atoms with Crippen LogP contribution in [0.1, 0.15) is 104 Å². The number of ether oxygens (including phenoxy) is 1. The van der Waals surface area contributed by atoms with E-state index in [9.17, 15) is 5.11 Å². The molecule has 0 fully saturated rings. The Hall–Kier alpha value is -0.120. The summed E-state index contributed by atoms with van der Waals surface area (Å²) in [6.45, 7) is 7.12. The molecule has 0 saturated carbocycles. The first kappa shape index (κ1) is 23.9. The zero-order chi connectivity index (χ0) is 17.7. The van der Waals surface area contributed by atoms with Crippen molar-refractivity contribution in [2.75, 3.05) is 26.3 Å². The normalized spacial score (nSPS) is 12.6. The lowest BCUT2D eigenvalue weighted by molar-refractivity contribution is 0.0357. The predicted octanol–water partition coefficient (Wildman–Crippen LogP) is 5.45. The minimum atomic E-state index is -0.364. The average Bonchev–Trinajstić information content (AvgIpc) is 2.59. The quantitative estimate of drug-likeness (QED) is 0.289. The number of hydrogen-bond donors (Lipinski definition) is 2. The lowest BCUT2D eigenvalue weighted by Crippen LogP contribution is -2.30. The van der Waals surface area contributed by atoms with E-state index in [4.69, 9.17) is 4.74 Å². The van der Waals surface area contributed by atoms with Gasteiger partial charge in [0.2, 0.25) is 0 Å². The van der Waals surface area contributed by atoms with Crippen molar-refractivity contribution in [3.8, 4) is 0 Å². The lowest BCUT2D eigenvalue weighted by atomic mass is 10.0. The van der Waals surface area contributed by atoms with Crippen molar-refractivity contribution in [1.29, 1.82) is 0 Å². The molecule has 24 heavy (non-hydrogen) atoms. The molecule has 3 nitrogen and oxygen atoms in total. The van der Waals surface area contributed by atoms with E-state index < -0.39 is 0 Å². The molecular formula is C21H45NO2.